The minimum Gasteiger partial charge on any atom is -0.345 e. The van der Waals surface area contributed by atoms with E-state index in [0.717, 1.165) is 31.3 Å². The van der Waals surface area contributed by atoms with Gasteiger partial charge >= 0.3 is 0 Å². The van der Waals surface area contributed by atoms with Gasteiger partial charge in [-0.15, -0.1) is 0 Å². The summed E-state index contributed by atoms with van der Waals surface area (Å²) < 4.78 is 0. The maximum Gasteiger partial charge on any atom is 0.120 e. The molecule has 0 radical (unpaired) electrons. The molecule has 1 aliphatic carbocycles. The fourth-order valence-electron chi connectivity index (χ4n) is 2.96. The fourth-order valence-corrected chi connectivity index (χ4v) is 2.96. The third-order valence-electron chi connectivity index (χ3n) is 4.83. The lowest BCUT2D eigenvalue weighted by molar-refractivity contribution is 0.181. The summed E-state index contributed by atoms with van der Waals surface area (Å²) in [4.78, 5) is 8.29. The molecule has 108 valence electrons. The maximum absolute atomic E-state index is 4.75. The van der Waals surface area contributed by atoms with Crippen molar-refractivity contribution in [2.45, 2.75) is 66.3 Å². The molecule has 0 aromatic carbocycles. The number of aromatic amines is 1. The molecule has 2 rings (SSSR count). The van der Waals surface area contributed by atoms with Gasteiger partial charge < -0.3 is 10.3 Å². The topological polar surface area (TPSA) is 40.7 Å². The quantitative estimate of drug-likeness (QED) is 0.772. The lowest BCUT2D eigenvalue weighted by Gasteiger charge is -2.35. The average molecular weight is 263 g/mol. The number of nitrogens with one attached hydrogen (secondary N) is 2. The van der Waals surface area contributed by atoms with Crippen molar-refractivity contribution in [3.8, 4) is 0 Å². The molecule has 0 saturated carbocycles. The Hall–Kier alpha value is -0.830. The first-order valence-corrected chi connectivity index (χ1v) is 7.84. The number of hydrogen-bond acceptors (Lipinski definition) is 2. The highest BCUT2D eigenvalue weighted by atomic mass is 15.0. The second-order valence-electron chi connectivity index (χ2n) is 6.57. The average Bonchev–Trinajstić information content (AvgIpc) is 2.80. The number of aryl methyl sites for hydroxylation is 1. The number of fused-ring (bicyclic) bond motifs is 1. The molecular weight excluding hydrogens is 234 g/mol. The lowest BCUT2D eigenvalue weighted by atomic mass is 9.70. The van der Waals surface area contributed by atoms with Crippen molar-refractivity contribution in [3.63, 3.8) is 0 Å². The van der Waals surface area contributed by atoms with Crippen LogP contribution in [-0.2, 0) is 19.4 Å². The molecule has 1 unspecified atom stereocenters. The highest BCUT2D eigenvalue weighted by Gasteiger charge is 2.32. The molecule has 0 saturated heterocycles. The van der Waals surface area contributed by atoms with E-state index >= 15 is 0 Å². The van der Waals surface area contributed by atoms with Crippen LogP contribution in [0, 0.1) is 11.3 Å². The normalized spacial score (nSPS) is 19.5. The van der Waals surface area contributed by atoms with Crippen LogP contribution in [0.2, 0.25) is 0 Å². The van der Waals surface area contributed by atoms with Crippen LogP contribution in [0.4, 0.5) is 0 Å². The van der Waals surface area contributed by atoms with Gasteiger partial charge in [-0.3, -0.25) is 0 Å². The number of hydrogen-bond donors (Lipinski definition) is 2. The van der Waals surface area contributed by atoms with E-state index in [2.05, 4.69) is 38.0 Å². The third kappa shape index (κ3) is 3.38. The summed E-state index contributed by atoms with van der Waals surface area (Å²) >= 11 is 0. The summed E-state index contributed by atoms with van der Waals surface area (Å²) in [5, 5.41) is 3.42. The molecule has 1 heterocycles. The van der Waals surface area contributed by atoms with Gasteiger partial charge in [-0.05, 0) is 43.6 Å². The molecule has 0 spiro atoms. The van der Waals surface area contributed by atoms with Gasteiger partial charge in [-0.25, -0.2) is 4.98 Å². The SMILES string of the molecule is CCCNCc1nc2c([nH]1)CC(C(C)(C)CC)CC2. The summed E-state index contributed by atoms with van der Waals surface area (Å²) in [5.41, 5.74) is 3.16. The highest BCUT2D eigenvalue weighted by Crippen LogP contribution is 2.39. The van der Waals surface area contributed by atoms with Crippen LogP contribution >= 0.6 is 0 Å². The fraction of sp³-hybridized carbons (Fsp3) is 0.812. The first-order valence-electron chi connectivity index (χ1n) is 7.84. The molecular formula is C16H29N3. The minimum absolute atomic E-state index is 0.448. The van der Waals surface area contributed by atoms with Crippen molar-refractivity contribution in [2.75, 3.05) is 6.54 Å². The molecule has 1 atom stereocenters. The molecule has 1 aliphatic rings. The van der Waals surface area contributed by atoms with Gasteiger partial charge in [0.25, 0.3) is 0 Å². The molecule has 2 N–H and O–H groups in total. The van der Waals surface area contributed by atoms with Crippen molar-refractivity contribution >= 4 is 0 Å². The zero-order valence-electron chi connectivity index (χ0n) is 13.0. The predicted molar refractivity (Wildman–Crippen MR) is 80.2 cm³/mol. The van der Waals surface area contributed by atoms with Crippen LogP contribution < -0.4 is 5.32 Å². The number of imidazole rings is 1. The smallest absolute Gasteiger partial charge is 0.120 e. The lowest BCUT2D eigenvalue weighted by Crippen LogP contribution is -2.29. The largest absolute Gasteiger partial charge is 0.345 e. The van der Waals surface area contributed by atoms with Gasteiger partial charge in [0.15, 0.2) is 0 Å². The molecule has 0 fully saturated rings. The van der Waals surface area contributed by atoms with Crippen molar-refractivity contribution < 1.29 is 0 Å². The third-order valence-corrected chi connectivity index (χ3v) is 4.83. The zero-order chi connectivity index (χ0) is 13.9. The number of rotatable bonds is 6. The second-order valence-corrected chi connectivity index (χ2v) is 6.57. The summed E-state index contributed by atoms with van der Waals surface area (Å²) in [5.74, 6) is 1.91. The molecule has 0 amide bonds. The van der Waals surface area contributed by atoms with Crippen LogP contribution in [0.5, 0.6) is 0 Å². The minimum atomic E-state index is 0.448. The van der Waals surface area contributed by atoms with E-state index in [0.29, 0.717) is 5.41 Å². The molecule has 19 heavy (non-hydrogen) atoms. The van der Waals surface area contributed by atoms with Gasteiger partial charge in [-0.2, -0.15) is 0 Å². The Kier molecular flexibility index (Phi) is 4.67. The van der Waals surface area contributed by atoms with E-state index in [4.69, 9.17) is 4.98 Å². The predicted octanol–water partition coefficient (Wildman–Crippen LogP) is 3.45. The Morgan fingerprint density at radius 2 is 2.16 bits per heavy atom. The van der Waals surface area contributed by atoms with Crippen LogP contribution in [0.15, 0.2) is 0 Å². The monoisotopic (exact) mass is 263 g/mol. The Labute approximate surface area is 117 Å². The Bertz CT molecular complexity index is 406. The Morgan fingerprint density at radius 3 is 2.84 bits per heavy atom. The van der Waals surface area contributed by atoms with Crippen LogP contribution in [0.3, 0.4) is 0 Å². The van der Waals surface area contributed by atoms with Crippen LogP contribution in [0.25, 0.3) is 0 Å². The Balaban J connectivity index is 2.01. The van der Waals surface area contributed by atoms with Gasteiger partial charge in [-0.1, -0.05) is 34.1 Å². The maximum atomic E-state index is 4.75. The van der Waals surface area contributed by atoms with E-state index in [-0.39, 0.29) is 0 Å². The molecule has 1 aromatic rings. The highest BCUT2D eigenvalue weighted by molar-refractivity contribution is 5.19. The van der Waals surface area contributed by atoms with Crippen molar-refractivity contribution in [3.05, 3.63) is 17.2 Å². The zero-order valence-corrected chi connectivity index (χ0v) is 13.0. The van der Waals surface area contributed by atoms with Crippen molar-refractivity contribution in [1.82, 2.24) is 15.3 Å². The van der Waals surface area contributed by atoms with E-state index in [1.807, 2.05) is 0 Å². The first kappa shape index (κ1) is 14.6. The Morgan fingerprint density at radius 1 is 1.37 bits per heavy atom. The number of H-pyrrole nitrogens is 1. The van der Waals surface area contributed by atoms with Gasteiger partial charge in [0.05, 0.1) is 12.2 Å². The van der Waals surface area contributed by atoms with E-state index in [1.54, 1.807) is 0 Å². The van der Waals surface area contributed by atoms with Crippen molar-refractivity contribution in [2.24, 2.45) is 11.3 Å². The number of aromatic nitrogens is 2. The summed E-state index contributed by atoms with van der Waals surface area (Å²) in [7, 11) is 0. The van der Waals surface area contributed by atoms with E-state index in [1.165, 1.54) is 37.1 Å². The second kappa shape index (κ2) is 6.08. The summed E-state index contributed by atoms with van der Waals surface area (Å²) in [6.07, 6.45) is 6.05. The van der Waals surface area contributed by atoms with Crippen molar-refractivity contribution in [1.29, 1.82) is 0 Å². The molecule has 1 aromatic heterocycles. The van der Waals surface area contributed by atoms with E-state index < -0.39 is 0 Å². The summed E-state index contributed by atoms with van der Waals surface area (Å²) in [6, 6.07) is 0. The van der Waals surface area contributed by atoms with Gasteiger partial charge in [0.1, 0.15) is 5.82 Å². The first-order chi connectivity index (χ1) is 9.06. The standard InChI is InChI=1S/C16H29N3/c1-5-9-17-11-15-18-13-8-7-12(10-14(13)19-15)16(3,4)6-2/h12,17H,5-11H2,1-4H3,(H,18,19). The van der Waals surface area contributed by atoms with Gasteiger partial charge in [0.2, 0.25) is 0 Å². The van der Waals surface area contributed by atoms with Gasteiger partial charge in [0, 0.05) is 5.69 Å². The molecule has 3 heteroatoms. The number of nitrogens with zero attached hydrogens (tertiary/aromatic N) is 1. The molecule has 3 nitrogen and oxygen atoms in total. The molecule has 0 aliphatic heterocycles. The summed E-state index contributed by atoms with van der Waals surface area (Å²) in [6.45, 7) is 11.3. The van der Waals surface area contributed by atoms with Crippen LogP contribution in [0.1, 0.15) is 64.2 Å². The van der Waals surface area contributed by atoms with Crippen LogP contribution in [-0.4, -0.2) is 16.5 Å². The van der Waals surface area contributed by atoms with E-state index in [9.17, 15) is 0 Å². The molecule has 0 bridgehead atoms.